The van der Waals surface area contributed by atoms with E-state index in [1.165, 1.54) is 28.6 Å². The Labute approximate surface area is 130 Å². The van der Waals surface area contributed by atoms with Crippen LogP contribution in [0.4, 0.5) is 0 Å². The molecule has 1 aliphatic heterocycles. The molecule has 0 bridgehead atoms. The molecule has 1 fully saturated rings. The Hall–Kier alpha value is -1.91. The number of carbonyl (C=O) groups is 1. The Morgan fingerprint density at radius 1 is 1.41 bits per heavy atom. The molecule has 1 heterocycles. The van der Waals surface area contributed by atoms with E-state index in [-0.39, 0.29) is 24.0 Å². The standard InChI is InChI=1S/C15H18N2O4S/c1-2-21-15(18)13-4-3-9-17(11-13)22(19,20)14-7-5-12(10-16)6-8-14/h5-8,13H,2-4,9,11H2,1H3/t13-/m0/s1. The third-order valence-corrected chi connectivity index (χ3v) is 5.50. The summed E-state index contributed by atoms with van der Waals surface area (Å²) in [7, 11) is -3.65. The molecule has 0 radical (unpaired) electrons. The molecule has 1 aromatic carbocycles. The summed E-state index contributed by atoms with van der Waals surface area (Å²) in [5.41, 5.74) is 0.405. The largest absolute Gasteiger partial charge is 0.466 e. The fourth-order valence-electron chi connectivity index (χ4n) is 2.46. The number of nitrogens with zero attached hydrogens (tertiary/aromatic N) is 2. The van der Waals surface area contributed by atoms with Gasteiger partial charge < -0.3 is 4.74 Å². The van der Waals surface area contributed by atoms with Crippen LogP contribution in [0, 0.1) is 17.2 Å². The highest BCUT2D eigenvalue weighted by Crippen LogP contribution is 2.24. The summed E-state index contributed by atoms with van der Waals surface area (Å²) in [6.45, 7) is 2.54. The van der Waals surface area contributed by atoms with Gasteiger partial charge in [-0.15, -0.1) is 0 Å². The van der Waals surface area contributed by atoms with Crippen molar-refractivity contribution in [3.8, 4) is 6.07 Å². The van der Waals surface area contributed by atoms with E-state index in [0.29, 0.717) is 24.9 Å². The van der Waals surface area contributed by atoms with Gasteiger partial charge in [-0.3, -0.25) is 4.79 Å². The average molecular weight is 322 g/mol. The second-order valence-electron chi connectivity index (χ2n) is 5.09. The number of sulfonamides is 1. The summed E-state index contributed by atoms with van der Waals surface area (Å²) in [6.07, 6.45) is 1.26. The molecule has 118 valence electrons. The van der Waals surface area contributed by atoms with E-state index in [0.717, 1.165) is 0 Å². The van der Waals surface area contributed by atoms with Crippen molar-refractivity contribution in [2.75, 3.05) is 19.7 Å². The maximum Gasteiger partial charge on any atom is 0.310 e. The molecule has 22 heavy (non-hydrogen) atoms. The van der Waals surface area contributed by atoms with Crippen molar-refractivity contribution < 1.29 is 17.9 Å². The van der Waals surface area contributed by atoms with Gasteiger partial charge in [-0.1, -0.05) is 0 Å². The molecule has 0 spiro atoms. The predicted octanol–water partition coefficient (Wildman–Crippen LogP) is 1.52. The lowest BCUT2D eigenvalue weighted by molar-refractivity contribution is -0.149. The molecule has 1 atom stereocenters. The van der Waals surface area contributed by atoms with Crippen molar-refractivity contribution in [2.24, 2.45) is 5.92 Å². The minimum atomic E-state index is -3.65. The molecule has 1 saturated heterocycles. The van der Waals surface area contributed by atoms with Gasteiger partial charge in [0.15, 0.2) is 0 Å². The van der Waals surface area contributed by atoms with E-state index in [4.69, 9.17) is 10.00 Å². The highest BCUT2D eigenvalue weighted by molar-refractivity contribution is 7.89. The van der Waals surface area contributed by atoms with Crippen molar-refractivity contribution in [2.45, 2.75) is 24.7 Å². The molecule has 6 nitrogen and oxygen atoms in total. The van der Waals surface area contributed by atoms with Crippen LogP contribution in [-0.2, 0) is 19.6 Å². The number of carbonyl (C=O) groups excluding carboxylic acids is 1. The first kappa shape index (κ1) is 16.5. The lowest BCUT2D eigenvalue weighted by atomic mass is 10.0. The summed E-state index contributed by atoms with van der Waals surface area (Å²) in [6, 6.07) is 7.73. The third-order valence-electron chi connectivity index (χ3n) is 3.63. The van der Waals surface area contributed by atoms with Crippen LogP contribution in [0.25, 0.3) is 0 Å². The van der Waals surface area contributed by atoms with Gasteiger partial charge >= 0.3 is 5.97 Å². The molecule has 0 aliphatic carbocycles. The minimum absolute atomic E-state index is 0.135. The first-order valence-corrected chi connectivity index (χ1v) is 8.60. The smallest absolute Gasteiger partial charge is 0.310 e. The number of nitriles is 1. The van der Waals surface area contributed by atoms with E-state index in [2.05, 4.69) is 0 Å². The summed E-state index contributed by atoms with van der Waals surface area (Å²) in [5.74, 6) is -0.760. The van der Waals surface area contributed by atoms with Crippen LogP contribution in [0.5, 0.6) is 0 Å². The normalized spacial score (nSPS) is 19.4. The molecule has 1 aliphatic rings. The van der Waals surface area contributed by atoms with Crippen LogP contribution in [0.15, 0.2) is 29.2 Å². The minimum Gasteiger partial charge on any atom is -0.466 e. The van der Waals surface area contributed by atoms with Crippen LogP contribution in [0.3, 0.4) is 0 Å². The van der Waals surface area contributed by atoms with E-state index in [1.807, 2.05) is 6.07 Å². The van der Waals surface area contributed by atoms with Crippen molar-refractivity contribution >= 4 is 16.0 Å². The van der Waals surface area contributed by atoms with Gasteiger partial charge in [0.1, 0.15) is 0 Å². The van der Waals surface area contributed by atoms with Gasteiger partial charge in [0.2, 0.25) is 10.0 Å². The van der Waals surface area contributed by atoms with E-state index < -0.39 is 15.9 Å². The highest BCUT2D eigenvalue weighted by Gasteiger charge is 2.33. The number of benzene rings is 1. The molecular weight excluding hydrogens is 304 g/mol. The average Bonchev–Trinajstić information content (AvgIpc) is 2.55. The third kappa shape index (κ3) is 3.46. The van der Waals surface area contributed by atoms with Crippen LogP contribution < -0.4 is 0 Å². The number of hydrogen-bond acceptors (Lipinski definition) is 5. The van der Waals surface area contributed by atoms with Crippen molar-refractivity contribution in [3.63, 3.8) is 0 Å². The van der Waals surface area contributed by atoms with Crippen LogP contribution >= 0.6 is 0 Å². The molecule has 0 saturated carbocycles. The number of esters is 1. The monoisotopic (exact) mass is 322 g/mol. The maximum absolute atomic E-state index is 12.6. The fraction of sp³-hybridized carbons (Fsp3) is 0.467. The molecule has 1 aromatic rings. The quantitative estimate of drug-likeness (QED) is 0.784. The van der Waals surface area contributed by atoms with E-state index >= 15 is 0 Å². The molecule has 0 aromatic heterocycles. The van der Waals surface area contributed by atoms with E-state index in [9.17, 15) is 13.2 Å². The Morgan fingerprint density at radius 2 is 2.09 bits per heavy atom. The highest BCUT2D eigenvalue weighted by atomic mass is 32.2. The zero-order valence-corrected chi connectivity index (χ0v) is 13.2. The van der Waals surface area contributed by atoms with Gasteiger partial charge in [-0.05, 0) is 44.0 Å². The second kappa shape index (κ2) is 6.90. The molecule has 2 rings (SSSR count). The van der Waals surface area contributed by atoms with Gasteiger partial charge in [-0.2, -0.15) is 9.57 Å². The molecular formula is C15H18N2O4S. The first-order chi connectivity index (χ1) is 10.5. The van der Waals surface area contributed by atoms with Crippen LogP contribution in [0.2, 0.25) is 0 Å². The first-order valence-electron chi connectivity index (χ1n) is 7.16. The molecule has 0 unspecified atom stereocenters. The Kier molecular flexibility index (Phi) is 5.16. The Bertz CT molecular complexity index is 676. The number of ether oxygens (including phenoxy) is 1. The maximum atomic E-state index is 12.6. The fourth-order valence-corrected chi connectivity index (χ4v) is 3.99. The molecule has 7 heteroatoms. The van der Waals surface area contributed by atoms with Gasteiger partial charge in [0, 0.05) is 13.1 Å². The number of rotatable bonds is 4. The van der Waals surface area contributed by atoms with Crippen LogP contribution in [-0.4, -0.2) is 38.4 Å². The summed E-state index contributed by atoms with van der Waals surface area (Å²) < 4.78 is 31.5. The lowest BCUT2D eigenvalue weighted by Crippen LogP contribution is -2.42. The van der Waals surface area contributed by atoms with Gasteiger partial charge in [0.05, 0.1) is 29.1 Å². The molecule has 0 N–H and O–H groups in total. The van der Waals surface area contributed by atoms with Crippen molar-refractivity contribution in [3.05, 3.63) is 29.8 Å². The molecule has 0 amide bonds. The second-order valence-corrected chi connectivity index (χ2v) is 7.03. The lowest BCUT2D eigenvalue weighted by Gasteiger charge is -2.30. The summed E-state index contributed by atoms with van der Waals surface area (Å²) in [4.78, 5) is 11.9. The van der Waals surface area contributed by atoms with E-state index in [1.54, 1.807) is 6.92 Å². The predicted molar refractivity (Wildman–Crippen MR) is 79.3 cm³/mol. The van der Waals surface area contributed by atoms with Crippen molar-refractivity contribution in [1.82, 2.24) is 4.31 Å². The summed E-state index contributed by atoms with van der Waals surface area (Å²) >= 11 is 0. The number of piperidine rings is 1. The zero-order chi connectivity index (χ0) is 16.2. The summed E-state index contributed by atoms with van der Waals surface area (Å²) in [5, 5.41) is 8.77. The number of hydrogen-bond donors (Lipinski definition) is 0. The van der Waals surface area contributed by atoms with Crippen molar-refractivity contribution in [1.29, 1.82) is 5.26 Å². The zero-order valence-electron chi connectivity index (χ0n) is 12.4. The van der Waals surface area contributed by atoms with Gasteiger partial charge in [0.25, 0.3) is 0 Å². The van der Waals surface area contributed by atoms with Gasteiger partial charge in [-0.25, -0.2) is 8.42 Å². The topological polar surface area (TPSA) is 87.5 Å². The Balaban J connectivity index is 2.18. The van der Waals surface area contributed by atoms with Crippen LogP contribution in [0.1, 0.15) is 25.3 Å². The SMILES string of the molecule is CCOC(=O)[C@H]1CCCN(S(=O)(=O)c2ccc(C#N)cc2)C1. The Morgan fingerprint density at radius 3 is 2.68 bits per heavy atom.